The van der Waals surface area contributed by atoms with Crippen molar-refractivity contribution >= 4 is 32.9 Å². The molecule has 34 heavy (non-hydrogen) atoms. The third kappa shape index (κ3) is 5.30. The van der Waals surface area contributed by atoms with Gasteiger partial charge in [0, 0.05) is 50.7 Å². The quantitative estimate of drug-likeness (QED) is 0.520. The number of hydrogen-bond acceptors (Lipinski definition) is 7. The number of piperidine rings is 1. The number of nitrogens with zero attached hydrogens (tertiary/aromatic N) is 4. The molecule has 7 nitrogen and oxygen atoms in total. The molecule has 2 saturated heterocycles. The Balaban J connectivity index is 1.33. The third-order valence-electron chi connectivity index (χ3n) is 6.84. The van der Waals surface area contributed by atoms with Crippen LogP contribution in [0.3, 0.4) is 0 Å². The van der Waals surface area contributed by atoms with Gasteiger partial charge in [0.05, 0.1) is 23.9 Å². The Bertz CT molecular complexity index is 1140. The molecule has 0 bridgehead atoms. The molecule has 2 fully saturated rings. The Morgan fingerprint density at radius 2 is 1.97 bits per heavy atom. The molecule has 0 radical (unpaired) electrons. The van der Waals surface area contributed by atoms with E-state index in [0.29, 0.717) is 23.1 Å². The molecular weight excluding hydrogens is 444 g/mol. The summed E-state index contributed by atoms with van der Waals surface area (Å²) in [6, 6.07) is 11.0. The Morgan fingerprint density at radius 1 is 1.18 bits per heavy atom. The van der Waals surface area contributed by atoms with Crippen molar-refractivity contribution in [3.63, 3.8) is 0 Å². The number of rotatable bonds is 6. The van der Waals surface area contributed by atoms with Gasteiger partial charge in [0.1, 0.15) is 5.52 Å². The number of pyridine rings is 1. The number of aromatic nitrogens is 3. The zero-order chi connectivity index (χ0) is 23.3. The monoisotopic (exact) mass is 478 g/mol. The van der Waals surface area contributed by atoms with Crippen LogP contribution in [0.25, 0.3) is 22.3 Å². The van der Waals surface area contributed by atoms with Crippen LogP contribution in [0, 0.1) is 0 Å². The summed E-state index contributed by atoms with van der Waals surface area (Å²) in [7, 11) is 0.291. The zero-order valence-electron chi connectivity index (χ0n) is 20.0. The van der Waals surface area contributed by atoms with E-state index < -0.39 is 0 Å². The number of anilines is 1. The number of nitrogens with one attached hydrogen (secondary N) is 2. The van der Waals surface area contributed by atoms with Gasteiger partial charge in [0.25, 0.3) is 0 Å². The first-order valence-corrected chi connectivity index (χ1v) is 13.8. The number of ether oxygens (including phenoxy) is 1. The molecule has 3 aromatic rings. The summed E-state index contributed by atoms with van der Waals surface area (Å²) in [5, 5.41) is 9.15. The second-order valence-corrected chi connectivity index (χ2v) is 11.0. The summed E-state index contributed by atoms with van der Waals surface area (Å²) < 4.78 is 8.44. The fraction of sp³-hybridized carbons (Fsp3) is 0.462. The van der Waals surface area contributed by atoms with Gasteiger partial charge in [-0.1, -0.05) is 29.6 Å². The van der Waals surface area contributed by atoms with Gasteiger partial charge < -0.3 is 15.4 Å². The smallest absolute Gasteiger partial charge is 0.154 e. The molecule has 0 amide bonds. The molecule has 0 saturated carbocycles. The van der Waals surface area contributed by atoms with Crippen molar-refractivity contribution in [2.75, 3.05) is 50.9 Å². The van der Waals surface area contributed by atoms with Gasteiger partial charge in [-0.05, 0) is 43.6 Å². The van der Waals surface area contributed by atoms with Crippen molar-refractivity contribution in [2.45, 2.75) is 31.8 Å². The van der Waals surface area contributed by atoms with E-state index in [1.165, 1.54) is 31.5 Å². The SMILES string of the molecule is CC=S(C)N1CCC(c2ccc(-c3cc4nccnc4c(NCC4CNCCO4)n3)cc2)CC1. The molecule has 180 valence electrons. The highest BCUT2D eigenvalue weighted by atomic mass is 32.2. The van der Waals surface area contributed by atoms with Crippen molar-refractivity contribution in [3.8, 4) is 11.3 Å². The first-order valence-electron chi connectivity index (χ1n) is 12.2. The Hall–Kier alpha value is -2.39. The van der Waals surface area contributed by atoms with Crippen LogP contribution in [0.1, 0.15) is 31.2 Å². The lowest BCUT2D eigenvalue weighted by Gasteiger charge is -2.33. The normalized spacial score (nSPS) is 21.1. The van der Waals surface area contributed by atoms with E-state index in [9.17, 15) is 0 Å². The van der Waals surface area contributed by atoms with Crippen LogP contribution < -0.4 is 10.6 Å². The molecule has 5 rings (SSSR count). The molecule has 2 aliphatic heterocycles. The molecular formula is C26H34N6OS. The Labute approximate surface area is 204 Å². The summed E-state index contributed by atoms with van der Waals surface area (Å²) in [6.45, 7) is 7.69. The average molecular weight is 479 g/mol. The predicted octanol–water partition coefficient (Wildman–Crippen LogP) is 3.91. The lowest BCUT2D eigenvalue weighted by Crippen LogP contribution is -2.42. The fourth-order valence-corrected chi connectivity index (χ4v) is 5.84. The molecule has 4 heterocycles. The fourth-order valence-electron chi connectivity index (χ4n) is 4.76. The minimum Gasteiger partial charge on any atom is -0.374 e. The van der Waals surface area contributed by atoms with Crippen LogP contribution in [0.15, 0.2) is 42.7 Å². The maximum atomic E-state index is 5.83. The maximum Gasteiger partial charge on any atom is 0.154 e. The lowest BCUT2D eigenvalue weighted by molar-refractivity contribution is 0.0372. The van der Waals surface area contributed by atoms with E-state index in [-0.39, 0.29) is 6.10 Å². The van der Waals surface area contributed by atoms with E-state index in [4.69, 9.17) is 9.72 Å². The summed E-state index contributed by atoms with van der Waals surface area (Å²) in [5.41, 5.74) is 5.08. The molecule has 0 spiro atoms. The molecule has 2 unspecified atom stereocenters. The lowest BCUT2D eigenvalue weighted by atomic mass is 9.89. The van der Waals surface area contributed by atoms with E-state index in [1.807, 2.05) is 6.07 Å². The highest BCUT2D eigenvalue weighted by molar-refractivity contribution is 8.12. The van der Waals surface area contributed by atoms with Gasteiger partial charge in [-0.3, -0.25) is 9.29 Å². The van der Waals surface area contributed by atoms with Crippen LogP contribution in [0.4, 0.5) is 5.82 Å². The molecule has 1 aromatic carbocycles. The number of fused-ring (bicyclic) bond motifs is 1. The predicted molar refractivity (Wildman–Crippen MR) is 143 cm³/mol. The molecule has 2 N–H and O–H groups in total. The zero-order valence-corrected chi connectivity index (χ0v) is 20.9. The van der Waals surface area contributed by atoms with Gasteiger partial charge in [0.2, 0.25) is 0 Å². The van der Waals surface area contributed by atoms with Gasteiger partial charge >= 0.3 is 0 Å². The van der Waals surface area contributed by atoms with Crippen molar-refractivity contribution in [3.05, 3.63) is 48.3 Å². The van der Waals surface area contributed by atoms with Crippen LogP contribution in [0.5, 0.6) is 0 Å². The Kier molecular flexibility index (Phi) is 7.49. The van der Waals surface area contributed by atoms with E-state index >= 15 is 0 Å². The average Bonchev–Trinajstić information content (AvgIpc) is 2.92. The largest absolute Gasteiger partial charge is 0.374 e. The summed E-state index contributed by atoms with van der Waals surface area (Å²) in [6.07, 6.45) is 8.33. The van der Waals surface area contributed by atoms with E-state index in [1.54, 1.807) is 12.4 Å². The topological polar surface area (TPSA) is 75.2 Å². The first kappa shape index (κ1) is 23.4. The minimum atomic E-state index is 0.121. The van der Waals surface area contributed by atoms with Crippen molar-refractivity contribution < 1.29 is 4.74 Å². The minimum absolute atomic E-state index is 0.121. The van der Waals surface area contributed by atoms with Gasteiger partial charge in [-0.2, -0.15) is 0 Å². The van der Waals surface area contributed by atoms with Crippen molar-refractivity contribution in [1.82, 2.24) is 24.6 Å². The highest BCUT2D eigenvalue weighted by Gasteiger charge is 2.21. The second kappa shape index (κ2) is 10.9. The van der Waals surface area contributed by atoms with E-state index in [0.717, 1.165) is 47.8 Å². The summed E-state index contributed by atoms with van der Waals surface area (Å²) in [5.74, 6) is 1.39. The number of benzene rings is 1. The number of hydrogen-bond donors (Lipinski definition) is 2. The van der Waals surface area contributed by atoms with Gasteiger partial charge in [-0.25, -0.2) is 9.97 Å². The summed E-state index contributed by atoms with van der Waals surface area (Å²) >= 11 is 0. The second-order valence-electron chi connectivity index (χ2n) is 8.94. The highest BCUT2D eigenvalue weighted by Crippen LogP contribution is 2.33. The number of morpholine rings is 1. The van der Waals surface area contributed by atoms with Crippen LogP contribution in [-0.4, -0.2) is 76.3 Å². The maximum absolute atomic E-state index is 5.83. The molecule has 8 heteroatoms. The standard InChI is InChI=1S/C26H34N6OS/c1-3-34(2)32-13-8-20(9-14-32)19-4-6-21(7-5-19)23-16-24-25(29-11-10-28-24)26(31-23)30-18-22-17-27-12-15-33-22/h3-7,10-11,16,20,22,27H,8-9,12-15,17-18H2,1-2H3,(H,30,31). The molecule has 2 aliphatic rings. The summed E-state index contributed by atoms with van der Waals surface area (Å²) in [4.78, 5) is 14.0. The molecule has 0 aliphatic carbocycles. The van der Waals surface area contributed by atoms with Gasteiger partial charge in [0.15, 0.2) is 5.82 Å². The van der Waals surface area contributed by atoms with Crippen LogP contribution in [0.2, 0.25) is 0 Å². The molecule has 2 aromatic heterocycles. The first-order chi connectivity index (χ1) is 16.7. The van der Waals surface area contributed by atoms with Crippen LogP contribution >= 0.6 is 10.7 Å². The van der Waals surface area contributed by atoms with Crippen LogP contribution in [-0.2, 0) is 4.74 Å². The van der Waals surface area contributed by atoms with Crippen molar-refractivity contribution in [2.24, 2.45) is 0 Å². The van der Waals surface area contributed by atoms with E-state index in [2.05, 4.69) is 67.7 Å². The van der Waals surface area contributed by atoms with Crippen molar-refractivity contribution in [1.29, 1.82) is 0 Å². The Morgan fingerprint density at radius 3 is 2.71 bits per heavy atom. The third-order valence-corrected chi connectivity index (χ3v) is 8.70. The van der Waals surface area contributed by atoms with Gasteiger partial charge in [-0.15, -0.1) is 10.7 Å². The molecule has 2 atom stereocenters.